The number of amides is 1. The molecule has 0 fully saturated rings. The second-order valence-corrected chi connectivity index (χ2v) is 7.65. The average Bonchev–Trinajstić information content (AvgIpc) is 2.74. The van der Waals surface area contributed by atoms with Crippen LogP contribution in [0.1, 0.15) is 21.5 Å². The predicted octanol–water partition coefficient (Wildman–Crippen LogP) is 5.03. The van der Waals surface area contributed by atoms with Crippen molar-refractivity contribution >= 4 is 27.8 Å². The Morgan fingerprint density at radius 3 is 2.42 bits per heavy atom. The van der Waals surface area contributed by atoms with Crippen LogP contribution in [0, 0.1) is 11.6 Å². The molecule has 0 heterocycles. The molecule has 0 aliphatic rings. The molecule has 160 valence electrons. The monoisotopic (exact) mass is 489 g/mol. The van der Waals surface area contributed by atoms with E-state index in [-0.39, 0.29) is 30.1 Å². The Labute approximate surface area is 186 Å². The van der Waals surface area contributed by atoms with Crippen LogP contribution in [0.15, 0.2) is 71.2 Å². The van der Waals surface area contributed by atoms with E-state index in [0.717, 1.165) is 10.5 Å². The van der Waals surface area contributed by atoms with E-state index >= 15 is 0 Å². The van der Waals surface area contributed by atoms with Gasteiger partial charge in [0, 0.05) is 22.1 Å². The summed E-state index contributed by atoms with van der Waals surface area (Å²) in [5.41, 5.74) is 1.15. The van der Waals surface area contributed by atoms with Gasteiger partial charge in [-0.25, -0.2) is 8.78 Å². The number of carboxylic acids is 1. The number of benzene rings is 3. The first-order chi connectivity index (χ1) is 14.8. The number of aliphatic carboxylic acids is 1. The number of hydrogen-bond donors (Lipinski definition) is 1. The number of hydrogen-bond acceptors (Lipinski definition) is 3. The number of ether oxygens (including phenoxy) is 1. The molecule has 3 rings (SSSR count). The van der Waals surface area contributed by atoms with Crippen molar-refractivity contribution in [2.75, 3.05) is 6.54 Å². The molecule has 0 saturated heterocycles. The molecule has 1 amide bonds. The van der Waals surface area contributed by atoms with Crippen LogP contribution in [0.5, 0.6) is 5.75 Å². The van der Waals surface area contributed by atoms with Gasteiger partial charge in [0.2, 0.25) is 0 Å². The molecule has 0 aliphatic carbocycles. The highest BCUT2D eigenvalue weighted by Gasteiger charge is 2.21. The Morgan fingerprint density at radius 1 is 1.00 bits per heavy atom. The zero-order valence-corrected chi connectivity index (χ0v) is 17.8. The van der Waals surface area contributed by atoms with Gasteiger partial charge in [-0.1, -0.05) is 40.2 Å². The number of carbonyl (C=O) groups excluding carboxylic acids is 1. The SMILES string of the molecule is O=C(O)CN(Cc1ccc(Br)cc1F)C(=O)c1cccc(OCc2ccc(F)cc2)c1. The molecule has 0 aromatic heterocycles. The molecule has 0 spiro atoms. The lowest BCUT2D eigenvalue weighted by Crippen LogP contribution is -2.35. The first kappa shape index (κ1) is 22.4. The quantitative estimate of drug-likeness (QED) is 0.481. The zero-order chi connectivity index (χ0) is 22.4. The first-order valence-electron chi connectivity index (χ1n) is 9.24. The number of carbonyl (C=O) groups is 2. The normalized spacial score (nSPS) is 10.5. The third-order valence-corrected chi connectivity index (χ3v) is 4.88. The molecule has 0 radical (unpaired) electrons. The van der Waals surface area contributed by atoms with Crippen LogP contribution in [0.25, 0.3) is 0 Å². The molecular formula is C23H18BrF2NO4. The summed E-state index contributed by atoms with van der Waals surface area (Å²) in [4.78, 5) is 25.3. The third kappa shape index (κ3) is 6.36. The van der Waals surface area contributed by atoms with Gasteiger partial charge in [0.15, 0.2) is 0 Å². The van der Waals surface area contributed by atoms with E-state index in [1.807, 2.05) is 0 Å². The summed E-state index contributed by atoms with van der Waals surface area (Å²) in [6.45, 7) is -0.624. The van der Waals surface area contributed by atoms with E-state index in [1.54, 1.807) is 30.3 Å². The summed E-state index contributed by atoms with van der Waals surface area (Å²) in [6.07, 6.45) is 0. The molecule has 0 unspecified atom stereocenters. The lowest BCUT2D eigenvalue weighted by atomic mass is 10.1. The molecule has 5 nitrogen and oxygen atoms in total. The summed E-state index contributed by atoms with van der Waals surface area (Å²) in [6, 6.07) is 16.4. The van der Waals surface area contributed by atoms with Crippen LogP contribution < -0.4 is 4.74 Å². The maximum atomic E-state index is 14.2. The molecule has 0 atom stereocenters. The smallest absolute Gasteiger partial charge is 0.323 e. The Balaban J connectivity index is 1.76. The maximum absolute atomic E-state index is 14.2. The van der Waals surface area contributed by atoms with Crippen molar-refractivity contribution < 1.29 is 28.2 Å². The number of carboxylic acid groups (broad SMARTS) is 1. The number of rotatable bonds is 8. The Kier molecular flexibility index (Phi) is 7.36. The summed E-state index contributed by atoms with van der Waals surface area (Å²) >= 11 is 3.16. The van der Waals surface area contributed by atoms with Gasteiger partial charge in [0.1, 0.15) is 30.5 Å². The van der Waals surface area contributed by atoms with Crippen LogP contribution in [-0.4, -0.2) is 28.4 Å². The highest BCUT2D eigenvalue weighted by molar-refractivity contribution is 9.10. The highest BCUT2D eigenvalue weighted by atomic mass is 79.9. The number of nitrogens with zero attached hydrogens (tertiary/aromatic N) is 1. The van der Waals surface area contributed by atoms with Gasteiger partial charge in [-0.05, 0) is 48.0 Å². The van der Waals surface area contributed by atoms with Crippen molar-refractivity contribution in [3.63, 3.8) is 0 Å². The molecular weight excluding hydrogens is 472 g/mol. The Morgan fingerprint density at radius 2 is 1.74 bits per heavy atom. The lowest BCUT2D eigenvalue weighted by Gasteiger charge is -2.21. The summed E-state index contributed by atoms with van der Waals surface area (Å²) in [5, 5.41) is 9.21. The number of halogens is 3. The Bertz CT molecular complexity index is 1090. The molecule has 0 aliphatic heterocycles. The van der Waals surface area contributed by atoms with E-state index in [1.165, 1.54) is 36.4 Å². The topological polar surface area (TPSA) is 66.8 Å². The van der Waals surface area contributed by atoms with Gasteiger partial charge in [0.25, 0.3) is 5.91 Å². The van der Waals surface area contributed by atoms with Gasteiger partial charge in [-0.15, -0.1) is 0 Å². The zero-order valence-electron chi connectivity index (χ0n) is 16.2. The molecule has 0 saturated carbocycles. The van der Waals surface area contributed by atoms with Gasteiger partial charge >= 0.3 is 5.97 Å². The molecule has 0 bridgehead atoms. The van der Waals surface area contributed by atoms with Crippen LogP contribution >= 0.6 is 15.9 Å². The van der Waals surface area contributed by atoms with Gasteiger partial charge < -0.3 is 14.7 Å². The van der Waals surface area contributed by atoms with Gasteiger partial charge in [0.05, 0.1) is 0 Å². The van der Waals surface area contributed by atoms with Crippen LogP contribution in [-0.2, 0) is 17.9 Å². The van der Waals surface area contributed by atoms with Gasteiger partial charge in [-0.2, -0.15) is 0 Å². The fourth-order valence-corrected chi connectivity index (χ4v) is 3.20. The molecule has 1 N–H and O–H groups in total. The van der Waals surface area contributed by atoms with E-state index in [9.17, 15) is 23.5 Å². The molecule has 3 aromatic rings. The Hall–Kier alpha value is -3.26. The minimum absolute atomic E-state index is 0.168. The van der Waals surface area contributed by atoms with E-state index in [2.05, 4.69) is 15.9 Å². The molecule has 31 heavy (non-hydrogen) atoms. The van der Waals surface area contributed by atoms with Crippen molar-refractivity contribution in [3.8, 4) is 5.75 Å². The first-order valence-corrected chi connectivity index (χ1v) is 10.0. The van der Waals surface area contributed by atoms with E-state index < -0.39 is 24.2 Å². The summed E-state index contributed by atoms with van der Waals surface area (Å²) in [5.74, 6) is -2.29. The van der Waals surface area contributed by atoms with Crippen LogP contribution in [0.3, 0.4) is 0 Å². The lowest BCUT2D eigenvalue weighted by molar-refractivity contribution is -0.137. The summed E-state index contributed by atoms with van der Waals surface area (Å²) in [7, 11) is 0. The minimum atomic E-state index is -1.21. The largest absolute Gasteiger partial charge is 0.489 e. The van der Waals surface area contributed by atoms with Crippen molar-refractivity contribution in [2.45, 2.75) is 13.2 Å². The third-order valence-electron chi connectivity index (χ3n) is 4.39. The van der Waals surface area contributed by atoms with Crippen molar-refractivity contribution in [1.82, 2.24) is 4.90 Å². The van der Waals surface area contributed by atoms with Crippen molar-refractivity contribution in [2.24, 2.45) is 0 Å². The maximum Gasteiger partial charge on any atom is 0.323 e. The standard InChI is InChI=1S/C23H18BrF2NO4/c24-18-7-6-17(21(26)11-18)12-27(13-22(28)29)23(30)16-2-1-3-20(10-16)31-14-15-4-8-19(25)9-5-15/h1-11H,12-14H2,(H,28,29). The minimum Gasteiger partial charge on any atom is -0.489 e. The van der Waals surface area contributed by atoms with E-state index in [4.69, 9.17) is 4.74 Å². The van der Waals surface area contributed by atoms with Crippen molar-refractivity contribution in [3.05, 3.63) is 99.5 Å². The molecule has 8 heteroatoms. The van der Waals surface area contributed by atoms with Crippen LogP contribution in [0.4, 0.5) is 8.78 Å². The highest BCUT2D eigenvalue weighted by Crippen LogP contribution is 2.20. The summed E-state index contributed by atoms with van der Waals surface area (Å²) < 4.78 is 33.4. The molecule has 3 aromatic carbocycles. The predicted molar refractivity (Wildman–Crippen MR) is 114 cm³/mol. The second kappa shape index (κ2) is 10.2. The average molecular weight is 490 g/mol. The second-order valence-electron chi connectivity index (χ2n) is 6.73. The van der Waals surface area contributed by atoms with E-state index in [0.29, 0.717) is 10.2 Å². The van der Waals surface area contributed by atoms with Crippen molar-refractivity contribution in [1.29, 1.82) is 0 Å². The fraction of sp³-hybridized carbons (Fsp3) is 0.130. The van der Waals surface area contributed by atoms with Crippen LogP contribution in [0.2, 0.25) is 0 Å². The van der Waals surface area contributed by atoms with Gasteiger partial charge in [-0.3, -0.25) is 9.59 Å². The fourth-order valence-electron chi connectivity index (χ4n) is 2.87.